The summed E-state index contributed by atoms with van der Waals surface area (Å²) in [4.78, 5) is 5.77. The van der Waals surface area contributed by atoms with Gasteiger partial charge in [0.2, 0.25) is 0 Å². The van der Waals surface area contributed by atoms with Gasteiger partial charge in [-0.2, -0.15) is 0 Å². The molecule has 1 nitrogen and oxygen atoms in total. The Morgan fingerprint density at radius 3 is 2.03 bits per heavy atom. The summed E-state index contributed by atoms with van der Waals surface area (Å²) >= 11 is 0. The third-order valence-corrected chi connectivity index (χ3v) is 15.2. The minimum absolute atomic E-state index is 0.120. The van der Waals surface area contributed by atoms with Gasteiger partial charge in [0.05, 0.1) is 10.8 Å². The maximum absolute atomic E-state index is 5.77. The number of allylic oxidation sites excluding steroid dienone is 4. The molecule has 8 bridgehead atoms. The van der Waals surface area contributed by atoms with Gasteiger partial charge in [0.1, 0.15) is 0 Å². The van der Waals surface area contributed by atoms with E-state index in [-0.39, 0.29) is 11.3 Å². The third-order valence-electron chi connectivity index (χ3n) is 15.2. The molecule has 1 aromatic heterocycles. The van der Waals surface area contributed by atoms with Crippen LogP contribution in [0, 0.1) is 0 Å². The van der Waals surface area contributed by atoms with Crippen LogP contribution < -0.4 is 5.35 Å². The summed E-state index contributed by atoms with van der Waals surface area (Å²) in [5.74, 6) is 0.169. The first-order valence-electron chi connectivity index (χ1n) is 23.0. The molecule has 2 atom stereocenters. The fourth-order valence-electron chi connectivity index (χ4n) is 12.3. The van der Waals surface area contributed by atoms with Gasteiger partial charge in [-0.1, -0.05) is 202 Å². The van der Waals surface area contributed by atoms with E-state index in [2.05, 4.69) is 220 Å². The molecule has 64 heavy (non-hydrogen) atoms. The molecule has 0 N–H and O–H groups in total. The van der Waals surface area contributed by atoms with E-state index in [1.165, 1.54) is 93.3 Å². The number of aromatic nitrogens is 1. The van der Waals surface area contributed by atoms with Gasteiger partial charge in [0.15, 0.2) is 0 Å². The first-order chi connectivity index (χ1) is 31.5. The minimum Gasteiger partial charge on any atom is -0.252 e. The van der Waals surface area contributed by atoms with E-state index in [1.807, 2.05) is 0 Å². The highest BCUT2D eigenvalue weighted by Crippen LogP contribution is 2.63. The van der Waals surface area contributed by atoms with Gasteiger partial charge < -0.3 is 0 Å². The first kappa shape index (κ1) is 37.2. The molecular weight excluding hydrogens is 771 g/mol. The van der Waals surface area contributed by atoms with Crippen molar-refractivity contribution in [2.24, 2.45) is 0 Å². The van der Waals surface area contributed by atoms with E-state index in [0.29, 0.717) is 0 Å². The molecule has 0 fully saturated rings. The molecule has 1 spiro atoms. The van der Waals surface area contributed by atoms with Crippen molar-refractivity contribution >= 4 is 49.2 Å². The highest BCUT2D eigenvalue weighted by Gasteiger charge is 2.53. The van der Waals surface area contributed by atoms with Crippen LogP contribution in [0.25, 0.3) is 71.4 Å². The lowest BCUT2D eigenvalue weighted by molar-refractivity contribution is 0.537. The fraction of sp³-hybridized carbons (Fsp3) is 0.127. The fourth-order valence-corrected chi connectivity index (χ4v) is 12.3. The maximum Gasteiger partial charge on any atom is 0.0682 e. The third kappa shape index (κ3) is 5.34. The summed E-state index contributed by atoms with van der Waals surface area (Å²) < 4.78 is 0. The van der Waals surface area contributed by atoms with Crippen LogP contribution in [-0.4, -0.2) is 4.98 Å². The molecule has 9 aromatic rings. The predicted octanol–water partition coefficient (Wildman–Crippen LogP) is 15.1. The van der Waals surface area contributed by atoms with Crippen molar-refractivity contribution < 1.29 is 0 Å². The van der Waals surface area contributed by atoms with Crippen molar-refractivity contribution in [2.45, 2.75) is 49.9 Å². The van der Waals surface area contributed by atoms with E-state index in [9.17, 15) is 0 Å². The Hall–Kier alpha value is -7.35. The molecule has 2 heterocycles. The summed E-state index contributed by atoms with van der Waals surface area (Å²) in [7, 11) is 0. The average Bonchev–Trinajstić information content (AvgIpc) is 3.66. The Morgan fingerprint density at radius 1 is 0.500 bits per heavy atom. The lowest BCUT2D eigenvalue weighted by Gasteiger charge is -2.48. The number of rotatable bonds is 3. The van der Waals surface area contributed by atoms with Gasteiger partial charge in [0.25, 0.3) is 0 Å². The minimum atomic E-state index is -0.422. The van der Waals surface area contributed by atoms with Crippen LogP contribution in [0.4, 0.5) is 0 Å². The second kappa shape index (κ2) is 14.1. The van der Waals surface area contributed by atoms with E-state index in [1.54, 1.807) is 5.57 Å². The molecule has 1 aliphatic heterocycles. The van der Waals surface area contributed by atoms with Crippen LogP contribution in [0.15, 0.2) is 211 Å². The van der Waals surface area contributed by atoms with Gasteiger partial charge in [-0.05, 0) is 125 Å². The molecule has 2 unspecified atom stereocenters. The topological polar surface area (TPSA) is 12.9 Å². The summed E-state index contributed by atoms with van der Waals surface area (Å²) in [6, 6.07) is 71.0. The molecule has 8 aromatic carbocycles. The predicted molar refractivity (Wildman–Crippen MR) is 269 cm³/mol. The molecule has 4 aliphatic rings. The van der Waals surface area contributed by atoms with Crippen LogP contribution in [0.1, 0.15) is 66.1 Å². The summed E-state index contributed by atoms with van der Waals surface area (Å²) in [6.45, 7) is 4.87. The zero-order chi connectivity index (χ0) is 42.6. The van der Waals surface area contributed by atoms with E-state index in [0.717, 1.165) is 35.7 Å². The summed E-state index contributed by atoms with van der Waals surface area (Å²) in [5, 5.41) is 10.9. The Kier molecular flexibility index (Phi) is 8.19. The standard InChI is InChI=1S/C63H47N/c1-62(2)54-26-11-13-28-56(54)63(57-29-14-12-27-55(57)62)53-34-32-43-37-52(53)61-50(25-16-30-58(61)63)60-39-46(40-17-5-3-6-18-40)38-59(64-60)45-22-15-21-44(35-45)51-36-42(43)31-33-49(51)48-24-10-9-23-47(48)41-19-7-4-8-20-41/h3-13,15-28,30-38,46H,14,29,39H2,1-2H3. The van der Waals surface area contributed by atoms with Crippen molar-refractivity contribution in [3.63, 3.8) is 0 Å². The number of hydrogen-bond donors (Lipinski definition) is 0. The van der Waals surface area contributed by atoms with Gasteiger partial charge >= 0.3 is 0 Å². The van der Waals surface area contributed by atoms with Crippen LogP contribution in [0.2, 0.25) is 0 Å². The zero-order valence-electron chi connectivity index (χ0n) is 36.3. The van der Waals surface area contributed by atoms with Crippen molar-refractivity contribution in [1.29, 1.82) is 0 Å². The number of nitrogens with zero attached hydrogens (tertiary/aromatic N) is 1. The van der Waals surface area contributed by atoms with Crippen molar-refractivity contribution in [2.75, 3.05) is 0 Å². The Morgan fingerprint density at radius 2 is 1.19 bits per heavy atom. The highest BCUT2D eigenvalue weighted by molar-refractivity contribution is 6.12. The monoisotopic (exact) mass is 817 g/mol. The number of hydrogen-bond acceptors (Lipinski definition) is 1. The summed E-state index contributed by atoms with van der Waals surface area (Å²) in [6.07, 6.45) is 10.2. The maximum atomic E-state index is 5.77. The zero-order valence-corrected chi connectivity index (χ0v) is 36.3. The first-order valence-corrected chi connectivity index (χ1v) is 23.0. The van der Waals surface area contributed by atoms with Crippen molar-refractivity contribution in [3.05, 3.63) is 250 Å². The largest absolute Gasteiger partial charge is 0.252 e. The molecule has 13 rings (SSSR count). The van der Waals surface area contributed by atoms with E-state index >= 15 is 0 Å². The van der Waals surface area contributed by atoms with Crippen LogP contribution in [-0.2, 0) is 17.3 Å². The van der Waals surface area contributed by atoms with E-state index in [4.69, 9.17) is 4.98 Å². The van der Waals surface area contributed by atoms with Gasteiger partial charge in [-0.15, -0.1) is 0 Å². The van der Waals surface area contributed by atoms with Crippen LogP contribution in [0.5, 0.6) is 0 Å². The Labute approximate surface area is 374 Å². The molecule has 0 saturated carbocycles. The lowest BCUT2D eigenvalue weighted by atomic mass is 9.54. The molecule has 0 amide bonds. The Bertz CT molecular complexity index is 3660. The SMILES string of the molecule is CC1(C)C2=C(CCC=C2)C2(c3ccccc31)c1ccc3cc1c1c2cccc1c1nc(c2cccc(c2)c2cc3ccc2-c2ccccc2-c2ccccc2)=CC(c2ccccc2)C1. The number of fused-ring (bicyclic) bond motifs is 16. The molecule has 3 aliphatic carbocycles. The molecule has 0 radical (unpaired) electrons. The van der Waals surface area contributed by atoms with Crippen molar-refractivity contribution in [3.8, 4) is 22.3 Å². The molecular formula is C63H47N. The second-order valence-electron chi connectivity index (χ2n) is 18.8. The lowest BCUT2D eigenvalue weighted by Crippen LogP contribution is -2.41. The van der Waals surface area contributed by atoms with Gasteiger partial charge in [0, 0.05) is 34.2 Å². The summed E-state index contributed by atoms with van der Waals surface area (Å²) in [5.41, 5.74) is 15.4. The van der Waals surface area contributed by atoms with Crippen LogP contribution >= 0.6 is 0 Å². The van der Waals surface area contributed by atoms with Gasteiger partial charge in [-0.3, -0.25) is 4.98 Å². The normalized spacial score (nSPS) is 18.6. The molecule has 0 saturated heterocycles. The highest BCUT2D eigenvalue weighted by atomic mass is 14.7. The number of benzene rings is 8. The molecule has 304 valence electrons. The quantitative estimate of drug-likeness (QED) is 0.173. The van der Waals surface area contributed by atoms with Crippen LogP contribution in [0.3, 0.4) is 0 Å². The van der Waals surface area contributed by atoms with Gasteiger partial charge in [-0.25, -0.2) is 0 Å². The average molecular weight is 818 g/mol. The van der Waals surface area contributed by atoms with Crippen molar-refractivity contribution in [1.82, 2.24) is 4.98 Å². The second-order valence-corrected chi connectivity index (χ2v) is 18.8. The smallest absolute Gasteiger partial charge is 0.0682 e. The Balaban J connectivity index is 1.22. The molecule has 1 heteroatoms. The van der Waals surface area contributed by atoms with E-state index < -0.39 is 5.41 Å².